The second-order valence-corrected chi connectivity index (χ2v) is 3.72. The molecule has 6 nitrogen and oxygen atoms in total. The Hall–Kier alpha value is -1.43. The summed E-state index contributed by atoms with van der Waals surface area (Å²) >= 11 is 0. The van der Waals surface area contributed by atoms with Gasteiger partial charge in [0, 0.05) is 18.8 Å². The number of nitrogens with one attached hydrogen (secondary N) is 2. The molecule has 0 aliphatic carbocycles. The van der Waals surface area contributed by atoms with Crippen molar-refractivity contribution in [1.82, 2.24) is 25.6 Å². The third-order valence-corrected chi connectivity index (χ3v) is 2.29. The van der Waals surface area contributed by atoms with Crippen LogP contribution in [0.4, 0.5) is 0 Å². The van der Waals surface area contributed by atoms with Crippen LogP contribution in [0.5, 0.6) is 0 Å². The van der Waals surface area contributed by atoms with Crippen molar-refractivity contribution in [3.05, 3.63) is 12.4 Å². The lowest BCUT2D eigenvalue weighted by Crippen LogP contribution is -2.39. The normalized spacial score (nSPS) is 12.4. The Bertz CT molecular complexity index is 298. The molecule has 6 heteroatoms. The highest BCUT2D eigenvalue weighted by molar-refractivity contribution is 5.78. The number of rotatable bonds is 7. The molecule has 0 saturated heterocycles. The summed E-state index contributed by atoms with van der Waals surface area (Å²) < 4.78 is 1.72. The van der Waals surface area contributed by atoms with E-state index in [1.165, 1.54) is 0 Å². The van der Waals surface area contributed by atoms with Gasteiger partial charge in [0.15, 0.2) is 0 Å². The second-order valence-electron chi connectivity index (χ2n) is 3.72. The van der Waals surface area contributed by atoms with Gasteiger partial charge in [-0.25, -0.2) is 0 Å². The molecule has 0 aromatic carbocycles. The maximum atomic E-state index is 11.4. The summed E-state index contributed by atoms with van der Waals surface area (Å²) in [5.74, 6) is 0.0351. The first-order chi connectivity index (χ1) is 7.72. The summed E-state index contributed by atoms with van der Waals surface area (Å²) in [6.45, 7) is 5.81. The second kappa shape index (κ2) is 6.95. The van der Waals surface area contributed by atoms with Gasteiger partial charge in [-0.15, -0.1) is 5.10 Å². The molecule has 0 radical (unpaired) electrons. The van der Waals surface area contributed by atoms with Crippen LogP contribution in [0.1, 0.15) is 20.3 Å². The highest BCUT2D eigenvalue weighted by Crippen LogP contribution is 1.86. The zero-order valence-electron chi connectivity index (χ0n) is 9.81. The van der Waals surface area contributed by atoms with E-state index in [0.29, 0.717) is 13.1 Å². The van der Waals surface area contributed by atoms with Gasteiger partial charge in [0.2, 0.25) is 5.91 Å². The van der Waals surface area contributed by atoms with Crippen molar-refractivity contribution >= 4 is 5.91 Å². The minimum absolute atomic E-state index is 0.0351. The van der Waals surface area contributed by atoms with Gasteiger partial charge in [-0.05, 0) is 13.3 Å². The number of hydrogen-bond acceptors (Lipinski definition) is 4. The van der Waals surface area contributed by atoms with E-state index in [1.807, 2.05) is 13.8 Å². The lowest BCUT2D eigenvalue weighted by molar-refractivity contribution is -0.120. The van der Waals surface area contributed by atoms with Crippen LogP contribution in [0.25, 0.3) is 0 Å². The highest BCUT2D eigenvalue weighted by Gasteiger charge is 2.03. The summed E-state index contributed by atoms with van der Waals surface area (Å²) in [4.78, 5) is 11.4. The maximum absolute atomic E-state index is 11.4. The van der Waals surface area contributed by atoms with Gasteiger partial charge < -0.3 is 10.6 Å². The number of carbonyl (C=O) groups excluding carboxylic acids is 1. The molecule has 1 rings (SSSR count). The Morgan fingerprint density at radius 1 is 1.56 bits per heavy atom. The molecule has 1 aromatic rings. The fraction of sp³-hybridized carbons (Fsp3) is 0.700. The van der Waals surface area contributed by atoms with E-state index in [1.54, 1.807) is 17.1 Å². The maximum Gasteiger partial charge on any atom is 0.234 e. The van der Waals surface area contributed by atoms with E-state index >= 15 is 0 Å². The van der Waals surface area contributed by atoms with E-state index in [-0.39, 0.29) is 11.9 Å². The molecule has 0 bridgehead atoms. The predicted molar refractivity (Wildman–Crippen MR) is 60.8 cm³/mol. The molecule has 1 unspecified atom stereocenters. The van der Waals surface area contributed by atoms with Crippen LogP contribution in [0.3, 0.4) is 0 Å². The van der Waals surface area contributed by atoms with Crippen LogP contribution in [0.2, 0.25) is 0 Å². The van der Waals surface area contributed by atoms with Crippen molar-refractivity contribution in [3.8, 4) is 0 Å². The Kier molecular flexibility index (Phi) is 5.49. The minimum Gasteiger partial charge on any atom is -0.353 e. The molecule has 0 spiro atoms. The summed E-state index contributed by atoms with van der Waals surface area (Å²) in [7, 11) is 0. The average molecular weight is 225 g/mol. The summed E-state index contributed by atoms with van der Waals surface area (Å²) in [6, 6.07) is 0.240. The molecule has 16 heavy (non-hydrogen) atoms. The number of aromatic nitrogens is 3. The summed E-state index contributed by atoms with van der Waals surface area (Å²) in [5, 5.41) is 13.5. The number of amides is 1. The van der Waals surface area contributed by atoms with Gasteiger partial charge in [0.25, 0.3) is 0 Å². The molecule has 1 heterocycles. The van der Waals surface area contributed by atoms with Crippen molar-refractivity contribution in [2.45, 2.75) is 32.9 Å². The fourth-order valence-electron chi connectivity index (χ4n) is 1.18. The molecule has 1 atom stereocenters. The van der Waals surface area contributed by atoms with Gasteiger partial charge in [-0.2, -0.15) is 0 Å². The molecular formula is C10H19N5O. The smallest absolute Gasteiger partial charge is 0.234 e. The predicted octanol–water partition coefficient (Wildman–Crippen LogP) is -0.218. The molecule has 0 aliphatic rings. The van der Waals surface area contributed by atoms with Crippen molar-refractivity contribution in [3.63, 3.8) is 0 Å². The molecule has 1 aromatic heterocycles. The van der Waals surface area contributed by atoms with E-state index in [2.05, 4.69) is 20.9 Å². The Labute approximate surface area is 95.4 Å². The topological polar surface area (TPSA) is 71.8 Å². The number of hydrogen-bond donors (Lipinski definition) is 2. The quantitative estimate of drug-likeness (QED) is 0.629. The van der Waals surface area contributed by atoms with Crippen LogP contribution in [0.15, 0.2) is 12.4 Å². The molecule has 0 aliphatic heterocycles. The van der Waals surface area contributed by atoms with Crippen LogP contribution >= 0.6 is 0 Å². The monoisotopic (exact) mass is 225 g/mol. The molecular weight excluding hydrogens is 206 g/mol. The molecule has 1 amide bonds. The Morgan fingerprint density at radius 3 is 3.00 bits per heavy atom. The highest BCUT2D eigenvalue weighted by atomic mass is 16.1. The number of nitrogens with zero attached hydrogens (tertiary/aromatic N) is 3. The van der Waals surface area contributed by atoms with Crippen LogP contribution in [-0.4, -0.2) is 40.0 Å². The van der Waals surface area contributed by atoms with Crippen molar-refractivity contribution in [2.24, 2.45) is 0 Å². The lowest BCUT2D eigenvalue weighted by atomic mass is 10.2. The van der Waals surface area contributed by atoms with Crippen molar-refractivity contribution in [2.75, 3.05) is 13.1 Å². The van der Waals surface area contributed by atoms with Gasteiger partial charge in [0.05, 0.1) is 19.3 Å². The lowest BCUT2D eigenvalue weighted by Gasteiger charge is -2.11. The van der Waals surface area contributed by atoms with Gasteiger partial charge >= 0.3 is 0 Å². The third kappa shape index (κ3) is 4.88. The zero-order chi connectivity index (χ0) is 11.8. The zero-order valence-corrected chi connectivity index (χ0v) is 9.81. The van der Waals surface area contributed by atoms with Gasteiger partial charge in [-0.1, -0.05) is 12.1 Å². The van der Waals surface area contributed by atoms with Gasteiger partial charge in [-0.3, -0.25) is 9.48 Å². The molecule has 2 N–H and O–H groups in total. The SMILES string of the molecule is CCC(C)NC(=O)CNCCn1ccnn1. The van der Waals surface area contributed by atoms with Crippen molar-refractivity contribution in [1.29, 1.82) is 0 Å². The first-order valence-electron chi connectivity index (χ1n) is 5.56. The summed E-state index contributed by atoms with van der Waals surface area (Å²) in [5.41, 5.74) is 0. The minimum atomic E-state index is 0.0351. The van der Waals surface area contributed by atoms with Crippen molar-refractivity contribution < 1.29 is 4.79 Å². The van der Waals surface area contributed by atoms with E-state index in [9.17, 15) is 4.79 Å². The standard InChI is InChI=1S/C10H19N5O/c1-3-9(2)13-10(16)8-11-4-6-15-7-5-12-14-15/h5,7,9,11H,3-4,6,8H2,1-2H3,(H,13,16). The third-order valence-electron chi connectivity index (χ3n) is 2.29. The fourth-order valence-corrected chi connectivity index (χ4v) is 1.18. The Balaban J connectivity index is 2.04. The van der Waals surface area contributed by atoms with E-state index in [4.69, 9.17) is 0 Å². The number of carbonyl (C=O) groups is 1. The van der Waals surface area contributed by atoms with E-state index < -0.39 is 0 Å². The van der Waals surface area contributed by atoms with Crippen LogP contribution in [0, 0.1) is 0 Å². The van der Waals surface area contributed by atoms with Gasteiger partial charge in [0.1, 0.15) is 0 Å². The molecule has 0 fully saturated rings. The first-order valence-corrected chi connectivity index (χ1v) is 5.56. The first kappa shape index (κ1) is 12.6. The van der Waals surface area contributed by atoms with Crippen LogP contribution < -0.4 is 10.6 Å². The van der Waals surface area contributed by atoms with E-state index in [0.717, 1.165) is 13.0 Å². The van der Waals surface area contributed by atoms with Crippen LogP contribution in [-0.2, 0) is 11.3 Å². The average Bonchev–Trinajstić information content (AvgIpc) is 2.77. The largest absolute Gasteiger partial charge is 0.353 e. The Morgan fingerprint density at radius 2 is 2.38 bits per heavy atom. The summed E-state index contributed by atoms with van der Waals surface area (Å²) in [6.07, 6.45) is 4.38. The molecule has 90 valence electrons. The molecule has 0 saturated carbocycles.